The Hall–Kier alpha value is -2.51. The van der Waals surface area contributed by atoms with Crippen LogP contribution in [0.25, 0.3) is 11.3 Å². The summed E-state index contributed by atoms with van der Waals surface area (Å²) < 4.78 is 4.85. The molecule has 0 radical (unpaired) electrons. The third-order valence-electron chi connectivity index (χ3n) is 4.60. The highest BCUT2D eigenvalue weighted by Crippen LogP contribution is 2.22. The van der Waals surface area contributed by atoms with Gasteiger partial charge >= 0.3 is 0 Å². The smallest absolute Gasteiger partial charge is 0.138 e. The summed E-state index contributed by atoms with van der Waals surface area (Å²) in [6, 6.07) is 12.7. The van der Waals surface area contributed by atoms with Crippen molar-refractivity contribution < 1.29 is 0 Å². The van der Waals surface area contributed by atoms with Crippen LogP contribution in [0.2, 0.25) is 0 Å². The predicted molar refractivity (Wildman–Crippen MR) is 104 cm³/mol. The van der Waals surface area contributed by atoms with E-state index in [2.05, 4.69) is 75.3 Å². The van der Waals surface area contributed by atoms with Gasteiger partial charge in [-0.1, -0.05) is 12.1 Å². The number of imidazole rings is 1. The van der Waals surface area contributed by atoms with Crippen molar-refractivity contribution in [3.63, 3.8) is 0 Å². The van der Waals surface area contributed by atoms with Gasteiger partial charge < -0.3 is 4.40 Å². The molecule has 0 saturated carbocycles. The first-order chi connectivity index (χ1) is 12.6. The maximum Gasteiger partial charge on any atom is 0.138 e. The molecule has 1 aromatic carbocycles. The average Bonchev–Trinajstić information content (AvgIpc) is 3.30. The van der Waals surface area contributed by atoms with Gasteiger partial charge in [-0.3, -0.25) is 4.90 Å². The fourth-order valence-corrected chi connectivity index (χ4v) is 3.34. The van der Waals surface area contributed by atoms with Crippen molar-refractivity contribution in [2.75, 3.05) is 7.05 Å². The van der Waals surface area contributed by atoms with E-state index in [4.69, 9.17) is 4.98 Å². The van der Waals surface area contributed by atoms with Crippen LogP contribution in [0, 0.1) is 0 Å². The van der Waals surface area contributed by atoms with Gasteiger partial charge in [-0.15, -0.1) is 0 Å². The molecule has 3 heterocycles. The lowest BCUT2D eigenvalue weighted by atomic mass is 10.1. The number of hydrogen-bond acceptors (Lipinski definition) is 4. The van der Waals surface area contributed by atoms with Gasteiger partial charge in [0.1, 0.15) is 18.3 Å². The normalized spacial score (nSPS) is 12.8. The molecular weight excluding hydrogens is 392 g/mol. The summed E-state index contributed by atoms with van der Waals surface area (Å²) in [5, 5.41) is 4.16. The van der Waals surface area contributed by atoms with Gasteiger partial charge in [0.05, 0.1) is 11.4 Å². The van der Waals surface area contributed by atoms with E-state index in [-0.39, 0.29) is 6.04 Å². The van der Waals surface area contributed by atoms with Crippen LogP contribution in [0.15, 0.2) is 65.9 Å². The maximum atomic E-state index is 4.70. The molecule has 0 fully saturated rings. The first-order valence-electron chi connectivity index (χ1n) is 8.38. The van der Waals surface area contributed by atoms with Crippen molar-refractivity contribution in [1.82, 2.24) is 29.0 Å². The van der Waals surface area contributed by atoms with Gasteiger partial charge in [0.2, 0.25) is 0 Å². The molecule has 26 heavy (non-hydrogen) atoms. The molecule has 0 saturated heterocycles. The zero-order chi connectivity index (χ0) is 18.1. The van der Waals surface area contributed by atoms with Crippen LogP contribution >= 0.6 is 15.9 Å². The summed E-state index contributed by atoms with van der Waals surface area (Å²) in [6.45, 7) is 2.99. The molecule has 7 heteroatoms. The Morgan fingerprint density at radius 2 is 1.92 bits per heavy atom. The van der Waals surface area contributed by atoms with Crippen molar-refractivity contribution in [2.24, 2.45) is 0 Å². The monoisotopic (exact) mass is 410 g/mol. The molecule has 0 bridgehead atoms. The SMILES string of the molecule is CC(c1ccc(-n2cncn2)cc1)N(C)Cc1cn2cc(Br)ccc2n1. The third kappa shape index (κ3) is 3.40. The van der Waals surface area contributed by atoms with E-state index < -0.39 is 0 Å². The Kier molecular flexibility index (Phi) is 4.57. The highest BCUT2D eigenvalue weighted by atomic mass is 79.9. The molecule has 132 valence electrons. The third-order valence-corrected chi connectivity index (χ3v) is 5.07. The van der Waals surface area contributed by atoms with Gasteiger partial charge in [0, 0.05) is 29.5 Å². The Morgan fingerprint density at radius 3 is 2.65 bits per heavy atom. The highest BCUT2D eigenvalue weighted by molar-refractivity contribution is 9.10. The van der Waals surface area contributed by atoms with E-state index in [1.54, 1.807) is 11.0 Å². The van der Waals surface area contributed by atoms with Crippen LogP contribution in [0.1, 0.15) is 24.2 Å². The number of benzene rings is 1. The Balaban J connectivity index is 1.48. The first kappa shape index (κ1) is 16.9. The fourth-order valence-electron chi connectivity index (χ4n) is 2.99. The minimum absolute atomic E-state index is 0.274. The Bertz CT molecular complexity index is 1010. The molecule has 0 aliphatic rings. The number of fused-ring (bicyclic) bond motifs is 1. The van der Waals surface area contributed by atoms with Crippen LogP contribution in [-0.2, 0) is 6.54 Å². The van der Waals surface area contributed by atoms with E-state index >= 15 is 0 Å². The molecule has 1 unspecified atom stereocenters. The van der Waals surface area contributed by atoms with Crippen LogP contribution < -0.4 is 0 Å². The number of nitrogens with zero attached hydrogens (tertiary/aromatic N) is 6. The van der Waals surface area contributed by atoms with Crippen molar-refractivity contribution >= 4 is 21.6 Å². The van der Waals surface area contributed by atoms with Crippen LogP contribution in [0.5, 0.6) is 0 Å². The van der Waals surface area contributed by atoms with E-state index in [1.165, 1.54) is 11.9 Å². The lowest BCUT2D eigenvalue weighted by Crippen LogP contribution is -2.22. The topological polar surface area (TPSA) is 51.2 Å². The minimum atomic E-state index is 0.274. The number of pyridine rings is 1. The van der Waals surface area contributed by atoms with Crippen molar-refractivity contribution in [1.29, 1.82) is 0 Å². The zero-order valence-corrected chi connectivity index (χ0v) is 16.2. The fraction of sp³-hybridized carbons (Fsp3) is 0.211. The molecule has 3 aromatic heterocycles. The standard InChI is InChI=1S/C19H19BrN6/c1-14(15-3-6-18(7-4-15)26-13-21-12-22-26)24(2)10-17-11-25-9-16(20)5-8-19(25)23-17/h3-9,11-14H,10H2,1-2H3. The van der Waals surface area contributed by atoms with Gasteiger partial charge in [-0.05, 0) is 59.7 Å². The minimum Gasteiger partial charge on any atom is -0.306 e. The van der Waals surface area contributed by atoms with E-state index in [0.717, 1.165) is 28.0 Å². The molecule has 1 atom stereocenters. The van der Waals surface area contributed by atoms with Crippen LogP contribution in [0.4, 0.5) is 0 Å². The quantitative estimate of drug-likeness (QED) is 0.500. The Morgan fingerprint density at radius 1 is 1.12 bits per heavy atom. The zero-order valence-electron chi connectivity index (χ0n) is 14.6. The number of rotatable bonds is 5. The van der Waals surface area contributed by atoms with Gasteiger partial charge in [0.25, 0.3) is 0 Å². The summed E-state index contributed by atoms with van der Waals surface area (Å²) in [5.41, 5.74) is 4.27. The molecule has 6 nitrogen and oxygen atoms in total. The predicted octanol–water partition coefficient (Wildman–Crippen LogP) is 3.87. The molecule has 4 rings (SSSR count). The summed E-state index contributed by atoms with van der Waals surface area (Å²) in [6.07, 6.45) is 7.35. The maximum absolute atomic E-state index is 4.70. The first-order valence-corrected chi connectivity index (χ1v) is 9.18. The molecule has 4 aromatic rings. The van der Waals surface area contributed by atoms with Gasteiger partial charge in [-0.25, -0.2) is 14.6 Å². The molecule has 0 aliphatic heterocycles. The summed E-state index contributed by atoms with van der Waals surface area (Å²) >= 11 is 3.50. The summed E-state index contributed by atoms with van der Waals surface area (Å²) in [4.78, 5) is 11.0. The van der Waals surface area contributed by atoms with Gasteiger partial charge in [0.15, 0.2) is 0 Å². The lowest BCUT2D eigenvalue weighted by Gasteiger charge is -2.24. The van der Waals surface area contributed by atoms with Crippen molar-refractivity contribution in [3.8, 4) is 5.69 Å². The van der Waals surface area contributed by atoms with Gasteiger partial charge in [-0.2, -0.15) is 5.10 Å². The lowest BCUT2D eigenvalue weighted by molar-refractivity contribution is 0.250. The average molecular weight is 411 g/mol. The summed E-state index contributed by atoms with van der Waals surface area (Å²) in [5.74, 6) is 0. The molecule has 0 amide bonds. The molecule has 0 aliphatic carbocycles. The second-order valence-electron chi connectivity index (χ2n) is 6.37. The van der Waals surface area contributed by atoms with Crippen LogP contribution in [-0.4, -0.2) is 36.1 Å². The largest absolute Gasteiger partial charge is 0.306 e. The Labute approximate surface area is 160 Å². The number of aromatic nitrogens is 5. The number of halogens is 1. The molecule has 0 spiro atoms. The molecular formula is C19H19BrN6. The highest BCUT2D eigenvalue weighted by Gasteiger charge is 2.14. The van der Waals surface area contributed by atoms with E-state index in [1.807, 2.05) is 22.7 Å². The number of hydrogen-bond donors (Lipinski definition) is 0. The van der Waals surface area contributed by atoms with Crippen LogP contribution in [0.3, 0.4) is 0 Å². The summed E-state index contributed by atoms with van der Waals surface area (Å²) in [7, 11) is 2.12. The second-order valence-corrected chi connectivity index (χ2v) is 7.28. The second kappa shape index (κ2) is 7.01. The van der Waals surface area contributed by atoms with E-state index in [9.17, 15) is 0 Å². The molecule has 0 N–H and O–H groups in total. The van der Waals surface area contributed by atoms with E-state index in [0.29, 0.717) is 0 Å². The van der Waals surface area contributed by atoms with Crippen molar-refractivity contribution in [2.45, 2.75) is 19.5 Å². The van der Waals surface area contributed by atoms with Crippen molar-refractivity contribution in [3.05, 3.63) is 77.2 Å².